The lowest BCUT2D eigenvalue weighted by atomic mass is 10.0. The number of benzene rings is 3. The fourth-order valence-corrected chi connectivity index (χ4v) is 3.36. The molecule has 0 atom stereocenters. The summed E-state index contributed by atoms with van der Waals surface area (Å²) in [5.74, 6) is 0. The van der Waals surface area contributed by atoms with Crippen molar-refractivity contribution in [1.82, 2.24) is 9.97 Å². The number of fused-ring (bicyclic) bond motifs is 6. The number of oxazole rings is 2. The highest BCUT2D eigenvalue weighted by Gasteiger charge is 2.13. The molecule has 136 valence electrons. The summed E-state index contributed by atoms with van der Waals surface area (Å²) in [6.07, 6.45) is 0. The largest absolute Gasteiger partial charge is 0.445 e. The Labute approximate surface area is 167 Å². The van der Waals surface area contributed by atoms with Crippen molar-refractivity contribution in [3.05, 3.63) is 70.3 Å². The Bertz CT molecular complexity index is 1680. The normalized spacial score (nSPS) is 12.9. The second-order valence-electron chi connectivity index (χ2n) is 6.30. The maximum absolute atomic E-state index is 9.08. The number of hydrogen-bond donors (Lipinski definition) is 0. The van der Waals surface area contributed by atoms with E-state index in [0.717, 1.165) is 21.5 Å². The zero-order chi connectivity index (χ0) is 20.8. The first-order valence-corrected chi connectivity index (χ1v) is 8.53. The Morgan fingerprint density at radius 1 is 0.767 bits per heavy atom. The molecule has 0 aliphatic carbocycles. The maximum atomic E-state index is 9.08. The van der Waals surface area contributed by atoms with Gasteiger partial charge < -0.3 is 8.83 Å². The van der Waals surface area contributed by atoms with Gasteiger partial charge in [0, 0.05) is 10.8 Å². The van der Waals surface area contributed by atoms with Crippen LogP contribution in [-0.2, 0) is 0 Å². The van der Waals surface area contributed by atoms with Crippen molar-refractivity contribution in [2.45, 2.75) is 0 Å². The standard InChI is InChI=1S/C22H6N6O2/c1-25-17(9-23)21-27-15-5-3-11-8-14-12(7-13(11)19(15)29-21)4-6-16-20(14)30-22(28-16)18(10-24)26-2/h3-8H/b21-17-,22-18+. The number of nitriles is 2. The van der Waals surface area contributed by atoms with E-state index in [4.69, 9.17) is 32.5 Å². The highest BCUT2D eigenvalue weighted by Crippen LogP contribution is 2.31. The van der Waals surface area contributed by atoms with Crippen LogP contribution in [-0.4, -0.2) is 9.97 Å². The molecule has 0 aliphatic rings. The quantitative estimate of drug-likeness (QED) is 0.298. The van der Waals surface area contributed by atoms with Crippen LogP contribution in [0.4, 0.5) is 0 Å². The highest BCUT2D eigenvalue weighted by molar-refractivity contribution is 6.13. The Hall–Kier alpha value is -5.18. The van der Waals surface area contributed by atoms with Gasteiger partial charge in [0.1, 0.15) is 11.0 Å². The van der Waals surface area contributed by atoms with E-state index in [-0.39, 0.29) is 22.5 Å². The average molecular weight is 386 g/mol. The molecule has 0 saturated carbocycles. The van der Waals surface area contributed by atoms with Crippen molar-refractivity contribution in [3.63, 3.8) is 0 Å². The predicted molar refractivity (Wildman–Crippen MR) is 107 cm³/mol. The van der Waals surface area contributed by atoms with Crippen LogP contribution in [0.5, 0.6) is 0 Å². The van der Waals surface area contributed by atoms with Crippen molar-refractivity contribution < 1.29 is 8.83 Å². The zero-order valence-electron chi connectivity index (χ0n) is 15.0. The first kappa shape index (κ1) is 17.0. The molecule has 0 spiro atoms. The number of nitrogens with zero attached hydrogens (tertiary/aromatic N) is 6. The molecule has 0 fully saturated rings. The van der Waals surface area contributed by atoms with E-state index in [2.05, 4.69) is 19.7 Å². The van der Waals surface area contributed by atoms with Gasteiger partial charge in [0.05, 0.1) is 25.3 Å². The third kappa shape index (κ3) is 2.29. The van der Waals surface area contributed by atoms with Crippen LogP contribution >= 0.6 is 0 Å². The van der Waals surface area contributed by atoms with E-state index >= 15 is 0 Å². The molecule has 0 N–H and O–H groups in total. The van der Waals surface area contributed by atoms with Gasteiger partial charge in [-0.05, 0) is 35.0 Å². The maximum Gasteiger partial charge on any atom is 0.322 e. The summed E-state index contributed by atoms with van der Waals surface area (Å²) in [4.78, 5) is 14.8. The van der Waals surface area contributed by atoms with E-state index in [1.165, 1.54) is 0 Å². The Balaban J connectivity index is 1.90. The molecule has 8 heteroatoms. The first-order valence-electron chi connectivity index (χ1n) is 8.53. The second-order valence-corrected chi connectivity index (χ2v) is 6.30. The van der Waals surface area contributed by atoms with Crippen molar-refractivity contribution in [2.75, 3.05) is 0 Å². The fourth-order valence-electron chi connectivity index (χ4n) is 3.36. The number of aromatic nitrogens is 2. The van der Waals surface area contributed by atoms with Gasteiger partial charge in [0.2, 0.25) is 11.1 Å². The minimum atomic E-state index is -0.208. The lowest BCUT2D eigenvalue weighted by Gasteiger charge is -2.03. The van der Waals surface area contributed by atoms with E-state index < -0.39 is 0 Å². The zero-order valence-corrected chi connectivity index (χ0v) is 15.0. The van der Waals surface area contributed by atoms with Crippen LogP contribution < -0.4 is 11.1 Å². The minimum absolute atomic E-state index is 0.0101. The summed E-state index contributed by atoms with van der Waals surface area (Å²) in [7, 11) is 0. The lowest BCUT2D eigenvalue weighted by Crippen LogP contribution is -2.02. The average Bonchev–Trinajstić information content (AvgIpc) is 3.39. The fraction of sp³-hybridized carbons (Fsp3) is 0. The topological polar surface area (TPSA) is 108 Å². The second kappa shape index (κ2) is 6.17. The third-order valence-electron chi connectivity index (χ3n) is 4.70. The molecule has 30 heavy (non-hydrogen) atoms. The smallest absolute Gasteiger partial charge is 0.322 e. The van der Waals surface area contributed by atoms with E-state index in [0.29, 0.717) is 22.2 Å². The Morgan fingerprint density at radius 3 is 1.57 bits per heavy atom. The summed E-state index contributed by atoms with van der Waals surface area (Å²) in [6.45, 7) is 14.2. The predicted octanol–water partition coefficient (Wildman–Crippen LogP) is 3.38. The molecule has 3 aromatic carbocycles. The van der Waals surface area contributed by atoms with Crippen LogP contribution in [0.15, 0.2) is 45.2 Å². The van der Waals surface area contributed by atoms with Crippen molar-refractivity contribution in [2.24, 2.45) is 0 Å². The molecule has 0 radical (unpaired) electrons. The SMILES string of the molecule is [C-]#[N+]/C(C#N)=c1/nc2ccc3cc4c(ccc5n/c(=C(/C#N)[N+]#[C-])oc54)cc3c2o1. The molecule has 2 heterocycles. The highest BCUT2D eigenvalue weighted by atomic mass is 16.3. The molecule has 0 unspecified atom stereocenters. The van der Waals surface area contributed by atoms with E-state index in [9.17, 15) is 0 Å². The first-order chi connectivity index (χ1) is 14.7. The van der Waals surface area contributed by atoms with Gasteiger partial charge in [-0.2, -0.15) is 0 Å². The lowest BCUT2D eigenvalue weighted by molar-refractivity contribution is 0.561. The molecule has 0 saturated heterocycles. The molecule has 0 bridgehead atoms. The molecule has 5 rings (SSSR count). The van der Waals surface area contributed by atoms with Crippen molar-refractivity contribution >= 4 is 55.1 Å². The molecule has 5 aromatic rings. The van der Waals surface area contributed by atoms with Gasteiger partial charge in [-0.15, -0.1) is 0 Å². The summed E-state index contributed by atoms with van der Waals surface area (Å²) in [5.41, 5.74) is 1.61. The van der Waals surface area contributed by atoms with E-state index in [1.807, 2.05) is 24.3 Å². The van der Waals surface area contributed by atoms with Gasteiger partial charge in [-0.25, -0.2) is 30.2 Å². The molecular formula is C22H6N6O2. The third-order valence-corrected chi connectivity index (χ3v) is 4.70. The van der Waals surface area contributed by atoms with Crippen LogP contribution in [0.2, 0.25) is 0 Å². The summed E-state index contributed by atoms with van der Waals surface area (Å²) < 4.78 is 11.5. The van der Waals surface area contributed by atoms with Gasteiger partial charge in [0.15, 0.2) is 11.2 Å². The van der Waals surface area contributed by atoms with E-state index in [1.54, 1.807) is 24.3 Å². The molecular weight excluding hydrogens is 380 g/mol. The summed E-state index contributed by atoms with van der Waals surface area (Å²) >= 11 is 0. The van der Waals surface area contributed by atoms with Crippen LogP contribution in [0.3, 0.4) is 0 Å². The summed E-state index contributed by atoms with van der Waals surface area (Å²) in [5, 5.41) is 21.4. The summed E-state index contributed by atoms with van der Waals surface area (Å²) in [6, 6.07) is 14.6. The molecule has 8 nitrogen and oxygen atoms in total. The Morgan fingerprint density at radius 2 is 1.20 bits per heavy atom. The number of rotatable bonds is 0. The monoisotopic (exact) mass is 386 g/mol. The molecule has 0 aliphatic heterocycles. The van der Waals surface area contributed by atoms with Crippen LogP contribution in [0.1, 0.15) is 0 Å². The van der Waals surface area contributed by atoms with Gasteiger partial charge >= 0.3 is 11.4 Å². The number of hydrogen-bond acceptors (Lipinski definition) is 6. The van der Waals surface area contributed by atoms with Crippen LogP contribution in [0.25, 0.3) is 64.8 Å². The molecule has 2 aromatic heterocycles. The minimum Gasteiger partial charge on any atom is -0.445 e. The van der Waals surface area contributed by atoms with Gasteiger partial charge in [-0.3, -0.25) is 0 Å². The van der Waals surface area contributed by atoms with Gasteiger partial charge in [-0.1, -0.05) is 12.1 Å². The van der Waals surface area contributed by atoms with Crippen LogP contribution in [0, 0.1) is 35.8 Å². The van der Waals surface area contributed by atoms with Gasteiger partial charge in [0.25, 0.3) is 0 Å². The Kier molecular flexibility index (Phi) is 3.49. The van der Waals surface area contributed by atoms with Crippen molar-refractivity contribution in [1.29, 1.82) is 10.5 Å². The molecule has 0 amide bonds. The van der Waals surface area contributed by atoms with Crippen molar-refractivity contribution in [3.8, 4) is 12.1 Å².